The van der Waals surface area contributed by atoms with E-state index in [0.717, 1.165) is 38.6 Å². The zero-order valence-electron chi connectivity index (χ0n) is 18.8. The molecule has 0 aliphatic carbocycles. The first-order valence-corrected chi connectivity index (χ1v) is 12.1. The first kappa shape index (κ1) is 29.9. The molecule has 0 heterocycles. The van der Waals surface area contributed by atoms with Gasteiger partial charge in [-0.25, -0.2) is 4.57 Å². The van der Waals surface area contributed by atoms with Crippen molar-refractivity contribution in [2.75, 3.05) is 73.9 Å². The number of ether oxygens (including phenoxy) is 3. The number of hydrogen-bond donors (Lipinski definition) is 4. The lowest BCUT2D eigenvalue weighted by Gasteiger charge is -2.29. The summed E-state index contributed by atoms with van der Waals surface area (Å²) in [6.07, 6.45) is 4.16. The van der Waals surface area contributed by atoms with E-state index < -0.39 is 20.0 Å². The molecule has 0 aromatic rings. The second-order valence-electron chi connectivity index (χ2n) is 8.18. The summed E-state index contributed by atoms with van der Waals surface area (Å²) in [5.74, 6) is 0. The fourth-order valence-corrected chi connectivity index (χ4v) is 3.11. The average Bonchev–Trinajstić information content (AvgIpc) is 2.62. The SMILES string of the molecule is COCC(O)COCCCCOCC(O)CCCCC[N+](C)(C)CCOP(=O)(O)O. The van der Waals surface area contributed by atoms with Gasteiger partial charge in [-0.2, -0.15) is 0 Å². The average molecular weight is 461 g/mol. The maximum absolute atomic E-state index is 10.7. The maximum atomic E-state index is 10.7. The molecule has 0 saturated carbocycles. The van der Waals surface area contributed by atoms with Gasteiger partial charge in [0.25, 0.3) is 0 Å². The highest BCUT2D eigenvalue weighted by atomic mass is 31.2. The fraction of sp³-hybridized carbons (Fsp3) is 1.00. The Morgan fingerprint density at radius 3 is 1.97 bits per heavy atom. The van der Waals surface area contributed by atoms with Crippen molar-refractivity contribution in [2.45, 2.75) is 50.7 Å². The van der Waals surface area contributed by atoms with Gasteiger partial charge in [0.1, 0.15) is 19.3 Å². The van der Waals surface area contributed by atoms with Crippen LogP contribution >= 0.6 is 7.82 Å². The lowest BCUT2D eigenvalue weighted by molar-refractivity contribution is -0.890. The van der Waals surface area contributed by atoms with Gasteiger partial charge < -0.3 is 38.7 Å². The fourth-order valence-electron chi connectivity index (χ4n) is 2.79. The number of hydrogen-bond acceptors (Lipinski definition) is 7. The minimum Gasteiger partial charge on any atom is -0.391 e. The minimum atomic E-state index is -4.39. The molecule has 30 heavy (non-hydrogen) atoms. The van der Waals surface area contributed by atoms with Crippen molar-refractivity contribution >= 4 is 7.82 Å². The minimum absolute atomic E-state index is 0.0230. The van der Waals surface area contributed by atoms with Gasteiger partial charge in [0.15, 0.2) is 0 Å². The number of nitrogens with zero attached hydrogens (tertiary/aromatic N) is 1. The summed E-state index contributed by atoms with van der Waals surface area (Å²) in [5, 5.41) is 19.4. The molecule has 0 radical (unpaired) electrons. The molecule has 0 amide bonds. The van der Waals surface area contributed by atoms with E-state index in [1.54, 1.807) is 0 Å². The predicted molar refractivity (Wildman–Crippen MR) is 113 cm³/mol. The number of aliphatic hydroxyl groups is 2. The molecule has 4 N–H and O–H groups in total. The van der Waals surface area contributed by atoms with E-state index in [9.17, 15) is 14.8 Å². The van der Waals surface area contributed by atoms with Crippen LogP contribution in [-0.2, 0) is 23.3 Å². The lowest BCUT2D eigenvalue weighted by Crippen LogP contribution is -2.42. The summed E-state index contributed by atoms with van der Waals surface area (Å²) < 4.78 is 31.5. The Hall–Kier alpha value is -0.130. The zero-order chi connectivity index (χ0) is 22.9. The van der Waals surface area contributed by atoms with Crippen LogP contribution in [0.5, 0.6) is 0 Å². The Kier molecular flexibility index (Phi) is 17.4. The molecular formula is C19H43NO9P+. The largest absolute Gasteiger partial charge is 0.469 e. The Morgan fingerprint density at radius 2 is 1.40 bits per heavy atom. The molecule has 11 heteroatoms. The van der Waals surface area contributed by atoms with Crippen LogP contribution in [0.15, 0.2) is 0 Å². The Labute approximate surface area is 180 Å². The van der Waals surface area contributed by atoms with Gasteiger partial charge in [0.2, 0.25) is 0 Å². The number of unbranched alkanes of at least 4 members (excludes halogenated alkanes) is 3. The summed E-state index contributed by atoms with van der Waals surface area (Å²) in [7, 11) is 1.14. The third kappa shape index (κ3) is 21.1. The van der Waals surface area contributed by atoms with Crippen LogP contribution in [0.25, 0.3) is 0 Å². The summed E-state index contributed by atoms with van der Waals surface area (Å²) in [4.78, 5) is 17.4. The van der Waals surface area contributed by atoms with Gasteiger partial charge in [-0.3, -0.25) is 4.52 Å². The highest BCUT2D eigenvalue weighted by molar-refractivity contribution is 7.46. The molecule has 0 aromatic carbocycles. The molecule has 0 bridgehead atoms. The molecule has 0 aromatic heterocycles. The third-order valence-corrected chi connectivity index (χ3v) is 5.08. The van der Waals surface area contributed by atoms with Crippen molar-refractivity contribution in [3.63, 3.8) is 0 Å². The molecule has 2 atom stereocenters. The van der Waals surface area contributed by atoms with Crippen LogP contribution in [0, 0.1) is 0 Å². The van der Waals surface area contributed by atoms with Crippen LogP contribution in [0.4, 0.5) is 0 Å². The molecular weight excluding hydrogens is 417 g/mol. The van der Waals surface area contributed by atoms with Gasteiger partial charge in [-0.15, -0.1) is 0 Å². The number of methoxy groups -OCH3 is 1. The number of quaternary nitrogens is 1. The summed E-state index contributed by atoms with van der Waals surface area (Å²) in [6.45, 7) is 3.43. The van der Waals surface area contributed by atoms with Crippen LogP contribution in [-0.4, -0.2) is 111 Å². The normalized spacial score (nSPS) is 14.8. The standard InChI is InChI=1S/C19H42NO9P/c1-20(2,11-14-29-30(23,24)25)10-6-4-5-9-18(21)16-27-12-7-8-13-28-17-19(22)15-26-3/h18-19,21-22H,4-17H2,1-3H3,(H-,23,24,25)/p+1. The van der Waals surface area contributed by atoms with Crippen molar-refractivity contribution < 1.29 is 47.8 Å². The smallest absolute Gasteiger partial charge is 0.391 e. The van der Waals surface area contributed by atoms with Crippen molar-refractivity contribution in [1.82, 2.24) is 0 Å². The highest BCUT2D eigenvalue weighted by Crippen LogP contribution is 2.35. The van der Waals surface area contributed by atoms with E-state index in [4.69, 9.17) is 24.0 Å². The van der Waals surface area contributed by atoms with Crippen LogP contribution in [0.2, 0.25) is 0 Å². The second-order valence-corrected chi connectivity index (χ2v) is 9.42. The van der Waals surface area contributed by atoms with E-state index >= 15 is 0 Å². The van der Waals surface area contributed by atoms with E-state index in [1.165, 1.54) is 7.11 Å². The molecule has 0 saturated heterocycles. The Balaban J connectivity index is 3.50. The van der Waals surface area contributed by atoms with Crippen molar-refractivity contribution in [3.8, 4) is 0 Å². The summed E-state index contributed by atoms with van der Waals surface area (Å²) in [5.41, 5.74) is 0. The summed E-state index contributed by atoms with van der Waals surface area (Å²) in [6, 6.07) is 0. The number of aliphatic hydroxyl groups excluding tert-OH is 2. The second kappa shape index (κ2) is 17.4. The topological polar surface area (TPSA) is 135 Å². The van der Waals surface area contributed by atoms with Crippen LogP contribution in [0.1, 0.15) is 38.5 Å². The first-order valence-electron chi connectivity index (χ1n) is 10.6. The molecule has 0 rings (SSSR count). The number of phosphoric acid groups is 1. The number of phosphoric ester groups is 1. The lowest BCUT2D eigenvalue weighted by atomic mass is 10.1. The van der Waals surface area contributed by atoms with Crippen molar-refractivity contribution in [3.05, 3.63) is 0 Å². The molecule has 0 spiro atoms. The maximum Gasteiger partial charge on any atom is 0.469 e. The summed E-state index contributed by atoms with van der Waals surface area (Å²) >= 11 is 0. The molecule has 0 fully saturated rings. The van der Waals surface area contributed by atoms with Gasteiger partial charge in [-0.05, 0) is 32.1 Å². The quantitative estimate of drug-likeness (QED) is 0.112. The van der Waals surface area contributed by atoms with E-state index in [2.05, 4.69) is 4.52 Å². The van der Waals surface area contributed by atoms with E-state index in [0.29, 0.717) is 37.3 Å². The van der Waals surface area contributed by atoms with Gasteiger partial charge >= 0.3 is 7.82 Å². The van der Waals surface area contributed by atoms with Crippen molar-refractivity contribution in [2.24, 2.45) is 0 Å². The van der Waals surface area contributed by atoms with Crippen LogP contribution < -0.4 is 0 Å². The van der Waals surface area contributed by atoms with Gasteiger partial charge in [0.05, 0.1) is 46.6 Å². The Morgan fingerprint density at radius 1 is 0.800 bits per heavy atom. The zero-order valence-corrected chi connectivity index (χ0v) is 19.7. The van der Waals surface area contributed by atoms with Crippen LogP contribution in [0.3, 0.4) is 0 Å². The number of rotatable bonds is 21. The third-order valence-electron chi connectivity index (χ3n) is 4.56. The molecule has 2 unspecified atom stereocenters. The van der Waals surface area contributed by atoms with E-state index in [1.807, 2.05) is 14.1 Å². The Bertz CT molecular complexity index is 448. The first-order chi connectivity index (χ1) is 14.1. The van der Waals surface area contributed by atoms with E-state index in [-0.39, 0.29) is 19.8 Å². The monoisotopic (exact) mass is 460 g/mol. The van der Waals surface area contributed by atoms with Gasteiger partial charge in [-0.1, -0.05) is 6.42 Å². The molecule has 0 aliphatic heterocycles. The molecule has 0 aliphatic rings. The molecule has 10 nitrogen and oxygen atoms in total. The number of likely N-dealkylation sites (N-methyl/N-ethyl adjacent to an activating group) is 1. The highest BCUT2D eigenvalue weighted by Gasteiger charge is 2.19. The molecule has 182 valence electrons. The van der Waals surface area contributed by atoms with Gasteiger partial charge in [0, 0.05) is 20.3 Å². The predicted octanol–water partition coefficient (Wildman–Crippen LogP) is 0.914. The van der Waals surface area contributed by atoms with Crippen molar-refractivity contribution in [1.29, 1.82) is 0 Å².